The van der Waals surface area contributed by atoms with Gasteiger partial charge in [0.05, 0.1) is 18.8 Å². The summed E-state index contributed by atoms with van der Waals surface area (Å²) in [6.45, 7) is 12.5. The van der Waals surface area contributed by atoms with Gasteiger partial charge in [0.1, 0.15) is 0 Å². The Bertz CT molecular complexity index is 559. The van der Waals surface area contributed by atoms with Crippen molar-refractivity contribution < 1.29 is 14.6 Å². The lowest BCUT2D eigenvalue weighted by Crippen LogP contribution is -2.50. The molecule has 1 aromatic rings. The standard InChI is InChI=1S/C21H34N2O3/c1-5-19(24)13-22-10-11-26-20(14-22)15-23(12-16(2)3)21(25)18-8-6-17(4)7-9-18/h6-9,16,19-20,24H,5,10-15H2,1-4H3/t19-,20+/m0/s1. The molecule has 1 aliphatic heterocycles. The van der Waals surface area contributed by atoms with Crippen LogP contribution in [0.1, 0.15) is 43.1 Å². The fraction of sp³-hybridized carbons (Fsp3) is 0.667. The van der Waals surface area contributed by atoms with Crippen molar-refractivity contribution in [3.63, 3.8) is 0 Å². The number of nitrogens with zero attached hydrogens (tertiary/aromatic N) is 2. The van der Waals surface area contributed by atoms with E-state index in [0.717, 1.165) is 30.6 Å². The third-order valence-electron chi connectivity index (χ3n) is 4.76. The number of ether oxygens (including phenoxy) is 1. The number of rotatable bonds is 8. The molecule has 0 saturated carbocycles. The molecule has 0 aromatic heterocycles. The zero-order valence-corrected chi connectivity index (χ0v) is 16.6. The van der Waals surface area contributed by atoms with Crippen LogP contribution in [0.5, 0.6) is 0 Å². The van der Waals surface area contributed by atoms with Gasteiger partial charge < -0.3 is 14.7 Å². The molecule has 2 atom stereocenters. The van der Waals surface area contributed by atoms with Crippen molar-refractivity contribution in [1.82, 2.24) is 9.80 Å². The highest BCUT2D eigenvalue weighted by Gasteiger charge is 2.26. The van der Waals surface area contributed by atoms with E-state index in [-0.39, 0.29) is 18.1 Å². The normalized spacial score (nSPS) is 19.5. The molecule has 5 nitrogen and oxygen atoms in total. The number of carbonyl (C=O) groups excluding carboxylic acids is 1. The number of β-amino-alcohol motifs (C(OH)–C–C–N with tert-alkyl or cyclic N) is 1. The molecule has 0 unspecified atom stereocenters. The van der Waals surface area contributed by atoms with E-state index in [9.17, 15) is 9.90 Å². The molecule has 0 radical (unpaired) electrons. The first-order valence-electron chi connectivity index (χ1n) is 9.77. The average Bonchev–Trinajstić information content (AvgIpc) is 2.61. The molecule has 5 heteroatoms. The van der Waals surface area contributed by atoms with Crippen LogP contribution >= 0.6 is 0 Å². The summed E-state index contributed by atoms with van der Waals surface area (Å²) in [4.78, 5) is 17.1. The van der Waals surface area contributed by atoms with Gasteiger partial charge >= 0.3 is 0 Å². The highest BCUT2D eigenvalue weighted by Crippen LogP contribution is 2.14. The third-order valence-corrected chi connectivity index (χ3v) is 4.76. The van der Waals surface area contributed by atoms with Crippen molar-refractivity contribution in [2.75, 3.05) is 39.3 Å². The van der Waals surface area contributed by atoms with Crippen molar-refractivity contribution in [3.8, 4) is 0 Å². The quantitative estimate of drug-likeness (QED) is 0.772. The number of hydrogen-bond acceptors (Lipinski definition) is 4. The Hall–Kier alpha value is -1.43. The first kappa shape index (κ1) is 20.9. The molecule has 1 saturated heterocycles. The average molecular weight is 363 g/mol. The summed E-state index contributed by atoms with van der Waals surface area (Å²) in [5, 5.41) is 9.91. The molecule has 0 bridgehead atoms. The van der Waals surface area contributed by atoms with Gasteiger partial charge in [0.25, 0.3) is 5.91 Å². The second kappa shape index (κ2) is 10.0. The third kappa shape index (κ3) is 6.38. The van der Waals surface area contributed by atoms with Crippen molar-refractivity contribution in [2.45, 2.75) is 46.3 Å². The van der Waals surface area contributed by atoms with Crippen LogP contribution in [0.25, 0.3) is 0 Å². The van der Waals surface area contributed by atoms with Gasteiger partial charge in [-0.2, -0.15) is 0 Å². The van der Waals surface area contributed by atoms with E-state index in [0.29, 0.717) is 32.2 Å². The van der Waals surface area contributed by atoms with Crippen LogP contribution in [-0.2, 0) is 4.74 Å². The van der Waals surface area contributed by atoms with Crippen molar-refractivity contribution >= 4 is 5.91 Å². The van der Waals surface area contributed by atoms with Gasteiger partial charge in [-0.05, 0) is 31.4 Å². The SMILES string of the molecule is CC[C@H](O)CN1CCO[C@@H](CN(CC(C)C)C(=O)c2ccc(C)cc2)C1. The minimum absolute atomic E-state index is 0.0130. The molecule has 1 aliphatic rings. The van der Waals surface area contributed by atoms with Crippen LogP contribution in [0.4, 0.5) is 0 Å². The van der Waals surface area contributed by atoms with Gasteiger partial charge in [0.2, 0.25) is 0 Å². The number of aryl methyl sites for hydroxylation is 1. The van der Waals surface area contributed by atoms with E-state index >= 15 is 0 Å². The Kier molecular flexibility index (Phi) is 8.07. The molecule has 1 aromatic carbocycles. The fourth-order valence-electron chi connectivity index (χ4n) is 3.29. The number of amides is 1. The lowest BCUT2D eigenvalue weighted by Gasteiger charge is -2.37. The minimum Gasteiger partial charge on any atom is -0.392 e. The van der Waals surface area contributed by atoms with Gasteiger partial charge in [-0.1, -0.05) is 38.5 Å². The Balaban J connectivity index is 2.02. The Morgan fingerprint density at radius 1 is 1.35 bits per heavy atom. The van der Waals surface area contributed by atoms with E-state index in [2.05, 4.69) is 18.7 Å². The van der Waals surface area contributed by atoms with Crippen molar-refractivity contribution in [2.24, 2.45) is 5.92 Å². The molecule has 1 heterocycles. The number of benzene rings is 1. The van der Waals surface area contributed by atoms with E-state index in [4.69, 9.17) is 4.74 Å². The predicted molar refractivity (Wildman–Crippen MR) is 104 cm³/mol. The molecule has 2 rings (SSSR count). The molecule has 0 spiro atoms. The fourth-order valence-corrected chi connectivity index (χ4v) is 3.29. The lowest BCUT2D eigenvalue weighted by atomic mass is 10.1. The second-order valence-corrected chi connectivity index (χ2v) is 7.78. The summed E-state index contributed by atoms with van der Waals surface area (Å²) >= 11 is 0. The molecule has 0 aliphatic carbocycles. The van der Waals surface area contributed by atoms with Crippen LogP contribution in [-0.4, -0.2) is 72.4 Å². The highest BCUT2D eigenvalue weighted by atomic mass is 16.5. The molecule has 26 heavy (non-hydrogen) atoms. The van der Waals surface area contributed by atoms with Crippen LogP contribution in [0.15, 0.2) is 24.3 Å². The van der Waals surface area contributed by atoms with E-state index in [1.165, 1.54) is 0 Å². The minimum atomic E-state index is -0.297. The summed E-state index contributed by atoms with van der Waals surface area (Å²) in [5.41, 5.74) is 1.88. The molecule has 1 fully saturated rings. The maximum atomic E-state index is 13.0. The predicted octanol–water partition coefficient (Wildman–Crippen LogP) is 2.56. The number of morpholine rings is 1. The zero-order valence-electron chi connectivity index (χ0n) is 16.6. The van der Waals surface area contributed by atoms with Gasteiger partial charge in [-0.25, -0.2) is 0 Å². The van der Waals surface area contributed by atoms with E-state index in [1.807, 2.05) is 43.0 Å². The number of carbonyl (C=O) groups is 1. The molecule has 1 N–H and O–H groups in total. The largest absolute Gasteiger partial charge is 0.392 e. The topological polar surface area (TPSA) is 53.0 Å². The van der Waals surface area contributed by atoms with Crippen LogP contribution in [0.3, 0.4) is 0 Å². The van der Waals surface area contributed by atoms with Crippen LogP contribution in [0.2, 0.25) is 0 Å². The van der Waals surface area contributed by atoms with Gasteiger partial charge in [0, 0.05) is 38.3 Å². The van der Waals surface area contributed by atoms with E-state index in [1.54, 1.807) is 0 Å². The first-order valence-corrected chi connectivity index (χ1v) is 9.77. The summed E-state index contributed by atoms with van der Waals surface area (Å²) < 4.78 is 5.92. The lowest BCUT2D eigenvalue weighted by molar-refractivity contribution is -0.0513. The van der Waals surface area contributed by atoms with Crippen molar-refractivity contribution in [1.29, 1.82) is 0 Å². The second-order valence-electron chi connectivity index (χ2n) is 7.78. The van der Waals surface area contributed by atoms with Crippen molar-refractivity contribution in [3.05, 3.63) is 35.4 Å². The molecular formula is C21H34N2O3. The van der Waals surface area contributed by atoms with Crippen LogP contribution in [0, 0.1) is 12.8 Å². The number of aliphatic hydroxyl groups excluding tert-OH is 1. The molecule has 1 amide bonds. The monoisotopic (exact) mass is 362 g/mol. The highest BCUT2D eigenvalue weighted by molar-refractivity contribution is 5.94. The number of aliphatic hydroxyl groups is 1. The van der Waals surface area contributed by atoms with Gasteiger partial charge in [-0.15, -0.1) is 0 Å². The first-order chi connectivity index (χ1) is 12.4. The van der Waals surface area contributed by atoms with Crippen LogP contribution < -0.4 is 0 Å². The number of hydrogen-bond donors (Lipinski definition) is 1. The van der Waals surface area contributed by atoms with E-state index < -0.39 is 0 Å². The molecule has 146 valence electrons. The smallest absolute Gasteiger partial charge is 0.253 e. The zero-order chi connectivity index (χ0) is 19.1. The van der Waals surface area contributed by atoms with Gasteiger partial charge in [-0.3, -0.25) is 9.69 Å². The summed E-state index contributed by atoms with van der Waals surface area (Å²) in [6.07, 6.45) is 0.448. The summed E-state index contributed by atoms with van der Waals surface area (Å²) in [5.74, 6) is 0.457. The summed E-state index contributed by atoms with van der Waals surface area (Å²) in [7, 11) is 0. The Morgan fingerprint density at radius 3 is 2.65 bits per heavy atom. The molecular weight excluding hydrogens is 328 g/mol. The summed E-state index contributed by atoms with van der Waals surface area (Å²) in [6, 6.07) is 7.75. The Morgan fingerprint density at radius 2 is 2.04 bits per heavy atom. The maximum absolute atomic E-state index is 13.0. The maximum Gasteiger partial charge on any atom is 0.253 e. The Labute approximate surface area is 157 Å². The van der Waals surface area contributed by atoms with Gasteiger partial charge in [0.15, 0.2) is 0 Å².